The van der Waals surface area contributed by atoms with E-state index in [9.17, 15) is 20.2 Å². The molecular formula is C50H87N5O12. The van der Waals surface area contributed by atoms with Crippen molar-refractivity contribution in [3.63, 3.8) is 0 Å². The molecule has 5 heterocycles. The lowest BCUT2D eigenvalue weighted by Gasteiger charge is -2.54. The summed E-state index contributed by atoms with van der Waals surface area (Å²) in [6.07, 6.45) is -5.05. The van der Waals surface area contributed by atoms with Crippen molar-refractivity contribution >= 4 is 11.7 Å². The Morgan fingerprint density at radius 3 is 2.18 bits per heavy atom. The molecule has 17 nitrogen and oxygen atoms in total. The van der Waals surface area contributed by atoms with Crippen molar-refractivity contribution in [1.29, 1.82) is 0 Å². The van der Waals surface area contributed by atoms with Gasteiger partial charge in [-0.3, -0.25) is 14.6 Å². The van der Waals surface area contributed by atoms with E-state index in [1.807, 2.05) is 92.7 Å². The van der Waals surface area contributed by atoms with Crippen molar-refractivity contribution in [1.82, 2.24) is 19.6 Å². The van der Waals surface area contributed by atoms with Crippen LogP contribution in [0.25, 0.3) is 0 Å². The van der Waals surface area contributed by atoms with Crippen LogP contribution in [0.5, 0.6) is 5.75 Å². The van der Waals surface area contributed by atoms with Crippen molar-refractivity contribution in [2.45, 2.75) is 172 Å². The van der Waals surface area contributed by atoms with E-state index in [0.29, 0.717) is 44.7 Å². The summed E-state index contributed by atoms with van der Waals surface area (Å²) in [6.45, 7) is 22.2. The molecule has 0 amide bonds. The van der Waals surface area contributed by atoms with E-state index in [4.69, 9.17) is 37.9 Å². The lowest BCUT2D eigenvalue weighted by atomic mass is 9.74. The van der Waals surface area contributed by atoms with Crippen LogP contribution in [0.15, 0.2) is 29.4 Å². The summed E-state index contributed by atoms with van der Waals surface area (Å²) < 4.78 is 51.7. The number of nitrogens with zero attached hydrogens (tertiary/aromatic N) is 5. The number of carbonyl (C=O) groups is 1. The first-order chi connectivity index (χ1) is 31.3. The Morgan fingerprint density at radius 2 is 1.58 bits per heavy atom. The van der Waals surface area contributed by atoms with E-state index >= 15 is 0 Å². The van der Waals surface area contributed by atoms with E-state index in [-0.39, 0.29) is 48.7 Å². The van der Waals surface area contributed by atoms with Crippen LogP contribution >= 0.6 is 0 Å². The van der Waals surface area contributed by atoms with Crippen LogP contribution in [0.2, 0.25) is 0 Å². The Hall–Kier alpha value is -2.52. The smallest absolute Gasteiger partial charge is 0.311 e. The second-order valence-electron chi connectivity index (χ2n) is 21.4. The zero-order valence-corrected chi connectivity index (χ0v) is 43.7. The highest BCUT2D eigenvalue weighted by atomic mass is 16.7. The molecule has 1 aromatic rings. The molecule has 5 saturated heterocycles. The Bertz CT molecular complexity index is 1800. The number of ether oxygens (including phenoxy) is 8. The molecule has 0 unspecified atom stereocenters. The van der Waals surface area contributed by atoms with E-state index in [0.717, 1.165) is 11.3 Å². The first kappa shape index (κ1) is 55.4. The van der Waals surface area contributed by atoms with Gasteiger partial charge in [-0.05, 0) is 102 Å². The summed E-state index contributed by atoms with van der Waals surface area (Å²) >= 11 is 0. The maximum Gasteiger partial charge on any atom is 0.311 e. The molecule has 17 heteroatoms. The first-order valence-electron chi connectivity index (χ1n) is 24.3. The van der Waals surface area contributed by atoms with Crippen molar-refractivity contribution in [3.8, 4) is 5.75 Å². The normalized spacial score (nSPS) is 41.0. The van der Waals surface area contributed by atoms with Gasteiger partial charge >= 0.3 is 5.97 Å². The van der Waals surface area contributed by atoms with Crippen LogP contribution in [0.3, 0.4) is 0 Å². The van der Waals surface area contributed by atoms with E-state index in [2.05, 4.69) is 46.8 Å². The zero-order chi connectivity index (χ0) is 50.0. The number of hydrogen-bond donors (Lipinski definition) is 3. The number of esters is 1. The number of rotatable bonds is 15. The average Bonchev–Trinajstić information content (AvgIpc) is 3.26. The number of oxime groups is 1. The largest absolute Gasteiger partial charge is 0.496 e. The molecule has 5 aliphatic heterocycles. The second kappa shape index (κ2) is 22.3. The molecule has 0 saturated carbocycles. The van der Waals surface area contributed by atoms with Crippen molar-refractivity contribution in [2.75, 3.05) is 82.2 Å². The highest BCUT2D eigenvalue weighted by Crippen LogP contribution is 2.44. The number of benzene rings is 1. The van der Waals surface area contributed by atoms with Crippen LogP contribution in [-0.2, 0) is 43.5 Å². The number of hydrogen-bond acceptors (Lipinski definition) is 17. The molecular weight excluding hydrogens is 863 g/mol. The minimum absolute atomic E-state index is 0.131. The van der Waals surface area contributed by atoms with E-state index in [1.54, 1.807) is 28.3 Å². The number of likely N-dealkylation sites (N-methyl/N-ethyl adjacent to an activating group) is 3. The predicted octanol–water partition coefficient (Wildman–Crippen LogP) is 4.42. The summed E-state index contributed by atoms with van der Waals surface area (Å²) in [7, 11) is 12.8. The van der Waals surface area contributed by atoms with E-state index < -0.39 is 71.6 Å². The minimum atomic E-state index is -1.48. The quantitative estimate of drug-likeness (QED) is 0.128. The molecule has 5 fully saturated rings. The van der Waals surface area contributed by atoms with Gasteiger partial charge < -0.3 is 63.1 Å². The molecule has 0 aromatic heterocycles. The number of para-hydroxylation sites is 1. The maximum atomic E-state index is 14.3. The third-order valence-electron chi connectivity index (χ3n) is 16.3. The predicted molar refractivity (Wildman–Crippen MR) is 255 cm³/mol. The monoisotopic (exact) mass is 950 g/mol. The molecule has 0 radical (unpaired) electrons. The fourth-order valence-electron chi connectivity index (χ4n) is 11.1. The molecule has 15 atom stereocenters. The van der Waals surface area contributed by atoms with Crippen LogP contribution < -0.4 is 4.74 Å². The van der Waals surface area contributed by atoms with Crippen LogP contribution in [0, 0.1) is 17.8 Å². The van der Waals surface area contributed by atoms with Crippen molar-refractivity contribution < 1.29 is 58.1 Å². The minimum Gasteiger partial charge on any atom is -0.496 e. The van der Waals surface area contributed by atoms with Crippen LogP contribution in [0.4, 0.5) is 0 Å². The Kier molecular flexibility index (Phi) is 18.4. The first-order valence-corrected chi connectivity index (χ1v) is 24.3. The number of aliphatic hydroxyl groups excluding tert-OH is 1. The summed E-state index contributed by atoms with van der Waals surface area (Å²) in [5.41, 5.74) is -2.43. The van der Waals surface area contributed by atoms with Gasteiger partial charge in [-0.2, -0.15) is 0 Å². The van der Waals surface area contributed by atoms with Crippen molar-refractivity contribution in [2.24, 2.45) is 22.9 Å². The molecule has 67 heavy (non-hydrogen) atoms. The lowest BCUT2D eigenvalue weighted by molar-refractivity contribution is -0.339. The Labute approximate surface area is 401 Å². The lowest BCUT2D eigenvalue weighted by Crippen LogP contribution is -2.70. The maximum absolute atomic E-state index is 14.3. The number of carbonyl (C=O) groups excluding carboxylic acids is 1. The molecule has 2 bridgehead atoms. The highest BCUT2D eigenvalue weighted by Gasteiger charge is 2.59. The summed E-state index contributed by atoms with van der Waals surface area (Å²) in [6, 6.07) is 7.57. The Balaban J connectivity index is 1.45. The van der Waals surface area contributed by atoms with E-state index in [1.165, 1.54) is 0 Å². The van der Waals surface area contributed by atoms with Gasteiger partial charge in [0.05, 0.1) is 48.8 Å². The summed E-state index contributed by atoms with van der Waals surface area (Å²) in [5.74, 6) is -1.35. The SMILES string of the molecule is COc1ccccc1C(C)(C)N(C)CCN(C)C[C@@]1(O)[C@H](C)O[C@@H](O[C@H]2[C@H](C)[C@@H](O[C@@H]3O[C@H](C)C[C@H](N(C)C)[C@H]3O)[C@@](C)(OC)C[C@@H](C)C(=NO)[C@H](C)N3CC(C3)OC(=O)[C@@H]2C)C[C@@]1(C)OC. The Morgan fingerprint density at radius 1 is 0.925 bits per heavy atom. The van der Waals surface area contributed by atoms with Crippen LogP contribution in [0.1, 0.15) is 94.1 Å². The average molecular weight is 950 g/mol. The molecule has 384 valence electrons. The number of methoxy groups -OCH3 is 3. The number of fused-ring (bicyclic) bond motifs is 10. The van der Waals surface area contributed by atoms with Gasteiger partial charge in [0.15, 0.2) is 12.6 Å². The van der Waals surface area contributed by atoms with Gasteiger partial charge in [-0.25, -0.2) is 0 Å². The van der Waals surface area contributed by atoms with Gasteiger partial charge in [0.25, 0.3) is 0 Å². The molecule has 5 aliphatic rings. The zero-order valence-electron chi connectivity index (χ0n) is 43.7. The fraction of sp³-hybridized carbons (Fsp3) is 0.840. The summed E-state index contributed by atoms with van der Waals surface area (Å²) in [4.78, 5) is 22.8. The fourth-order valence-corrected chi connectivity index (χ4v) is 11.1. The van der Waals surface area contributed by atoms with Gasteiger partial charge in [-0.1, -0.05) is 37.2 Å². The van der Waals surface area contributed by atoms with Gasteiger partial charge in [0.2, 0.25) is 0 Å². The highest BCUT2D eigenvalue weighted by molar-refractivity contribution is 5.91. The summed E-state index contributed by atoms with van der Waals surface area (Å²) in [5, 5.41) is 38.7. The number of aliphatic hydroxyl groups is 2. The topological polar surface area (TPSA) is 177 Å². The third kappa shape index (κ3) is 11.7. The van der Waals surface area contributed by atoms with Gasteiger partial charge in [-0.15, -0.1) is 0 Å². The van der Waals surface area contributed by atoms with Gasteiger partial charge in [0.1, 0.15) is 29.2 Å². The van der Waals surface area contributed by atoms with Crippen molar-refractivity contribution in [3.05, 3.63) is 29.8 Å². The third-order valence-corrected chi connectivity index (χ3v) is 16.3. The van der Waals surface area contributed by atoms with Gasteiger partial charge in [0, 0.05) is 88.4 Å². The molecule has 1 aromatic carbocycles. The molecule has 6 rings (SSSR count). The standard InChI is InChI=1S/C50H87N5O12/c1-30-25-48(9,61-16)44(67-46-42(56)38(52(11)12)24-31(2)63-46)32(3)43(33(4)45(57)65-36-27-55(28-36)34(5)41(30)51-59)66-40-26-49(10,62-17)50(58,35(6)64-40)29-53(13)22-23-54(14)47(7,8)37-20-18-19-21-39(37)60-15/h18-21,30-36,38,40,42-44,46,56,58-59H,22-29H2,1-17H3/t30-,31-,32+,33-,34+,35+,38+,40+,42-,43+,44-,46+,48+,49-,50-/m1/s1. The second-order valence-corrected chi connectivity index (χ2v) is 21.4. The molecule has 3 N–H and O–H groups in total. The molecule has 0 aliphatic carbocycles. The molecule has 0 spiro atoms. The van der Waals surface area contributed by atoms with Crippen LogP contribution in [-0.4, -0.2) is 207 Å².